The highest BCUT2D eigenvalue weighted by Crippen LogP contribution is 2.29. The third kappa shape index (κ3) is 2.68. The van der Waals surface area contributed by atoms with Crippen molar-refractivity contribution in [3.05, 3.63) is 32.7 Å². The van der Waals surface area contributed by atoms with Gasteiger partial charge in [0.1, 0.15) is 5.56 Å². The second-order valence-corrected chi connectivity index (χ2v) is 7.82. The van der Waals surface area contributed by atoms with E-state index < -0.39 is 0 Å². The molecule has 1 amide bonds. The Bertz CT molecular complexity index is 826. The number of aliphatic hydroxyl groups is 1. The highest BCUT2D eigenvalue weighted by atomic mass is 32.1. The van der Waals surface area contributed by atoms with Crippen LogP contribution in [0.25, 0.3) is 4.96 Å². The molecule has 0 aliphatic carbocycles. The van der Waals surface area contributed by atoms with Gasteiger partial charge in [-0.2, -0.15) is 0 Å². The van der Waals surface area contributed by atoms with Gasteiger partial charge in [0.25, 0.3) is 11.5 Å². The first-order valence-corrected chi connectivity index (χ1v) is 8.56. The van der Waals surface area contributed by atoms with E-state index >= 15 is 0 Å². The molecule has 0 saturated carbocycles. The number of carbonyl (C=O) groups is 1. The minimum absolute atomic E-state index is 0.0376. The van der Waals surface area contributed by atoms with Crippen molar-refractivity contribution in [1.82, 2.24) is 14.3 Å². The molecule has 1 fully saturated rings. The standard InChI is InChI=1S/C16H21N3O3S/c1-10-11(2)23-15-17-7-12(14(22)19(10)15)13(21)18-6-4-5-16(3,8-18)9-20/h7,20H,4-6,8-9H2,1-3H3. The maximum atomic E-state index is 12.8. The number of thiazole rings is 1. The van der Waals surface area contributed by atoms with Crippen molar-refractivity contribution in [2.45, 2.75) is 33.6 Å². The van der Waals surface area contributed by atoms with Gasteiger partial charge in [-0.05, 0) is 26.7 Å². The van der Waals surface area contributed by atoms with Gasteiger partial charge in [-0.25, -0.2) is 4.98 Å². The summed E-state index contributed by atoms with van der Waals surface area (Å²) in [5.41, 5.74) is 0.330. The van der Waals surface area contributed by atoms with E-state index in [1.54, 1.807) is 4.90 Å². The summed E-state index contributed by atoms with van der Waals surface area (Å²) in [6, 6.07) is 0. The maximum Gasteiger partial charge on any atom is 0.271 e. The van der Waals surface area contributed by atoms with E-state index in [0.29, 0.717) is 18.1 Å². The van der Waals surface area contributed by atoms with Crippen molar-refractivity contribution in [3.8, 4) is 0 Å². The molecular formula is C16H21N3O3S. The first-order chi connectivity index (χ1) is 10.9. The fourth-order valence-corrected chi connectivity index (χ4v) is 4.04. The zero-order valence-corrected chi connectivity index (χ0v) is 14.4. The molecule has 1 N–H and O–H groups in total. The van der Waals surface area contributed by atoms with E-state index in [0.717, 1.165) is 23.4 Å². The van der Waals surface area contributed by atoms with E-state index in [9.17, 15) is 14.7 Å². The van der Waals surface area contributed by atoms with Crippen molar-refractivity contribution in [2.75, 3.05) is 19.7 Å². The van der Waals surface area contributed by atoms with Crippen molar-refractivity contribution in [2.24, 2.45) is 5.41 Å². The van der Waals surface area contributed by atoms with Crippen LogP contribution in [-0.2, 0) is 0 Å². The second kappa shape index (κ2) is 5.72. The molecule has 0 bridgehead atoms. The lowest BCUT2D eigenvalue weighted by Crippen LogP contribution is -2.47. The second-order valence-electron chi connectivity index (χ2n) is 6.64. The predicted octanol–water partition coefficient (Wildman–Crippen LogP) is 1.61. The number of aliphatic hydroxyl groups excluding tert-OH is 1. The van der Waals surface area contributed by atoms with Crippen LogP contribution >= 0.6 is 11.3 Å². The lowest BCUT2D eigenvalue weighted by Gasteiger charge is -2.39. The molecule has 0 aromatic carbocycles. The average Bonchev–Trinajstić information content (AvgIpc) is 2.83. The van der Waals surface area contributed by atoms with Gasteiger partial charge in [0, 0.05) is 35.3 Å². The Kier molecular flexibility index (Phi) is 4.01. The van der Waals surface area contributed by atoms with Crippen molar-refractivity contribution in [3.63, 3.8) is 0 Å². The zero-order chi connectivity index (χ0) is 16.8. The topological polar surface area (TPSA) is 74.9 Å². The number of fused-ring (bicyclic) bond motifs is 1. The number of nitrogens with zero attached hydrogens (tertiary/aromatic N) is 3. The van der Waals surface area contributed by atoms with Gasteiger partial charge in [0.15, 0.2) is 4.96 Å². The largest absolute Gasteiger partial charge is 0.396 e. The quantitative estimate of drug-likeness (QED) is 0.905. The lowest BCUT2D eigenvalue weighted by atomic mass is 9.82. The fourth-order valence-electron chi connectivity index (χ4n) is 3.11. The van der Waals surface area contributed by atoms with Crippen molar-refractivity contribution >= 4 is 22.2 Å². The summed E-state index contributed by atoms with van der Waals surface area (Å²) in [5, 5.41) is 9.54. The SMILES string of the molecule is Cc1sc2ncc(C(=O)N3CCCC(C)(CO)C3)c(=O)n2c1C. The predicted molar refractivity (Wildman–Crippen MR) is 89.1 cm³/mol. The molecule has 7 heteroatoms. The number of carbonyl (C=O) groups excluding carboxylic acids is 1. The molecule has 1 atom stereocenters. The summed E-state index contributed by atoms with van der Waals surface area (Å²) >= 11 is 1.45. The molecule has 2 aromatic rings. The Balaban J connectivity index is 2.00. The molecule has 3 heterocycles. The first kappa shape index (κ1) is 16.1. The summed E-state index contributed by atoms with van der Waals surface area (Å²) in [6.45, 7) is 6.88. The minimum atomic E-state index is -0.307. The maximum absolute atomic E-state index is 12.8. The number of likely N-dealkylation sites (tertiary alicyclic amines) is 1. The van der Waals surface area contributed by atoms with Gasteiger partial charge in [-0.1, -0.05) is 6.92 Å². The average molecular weight is 335 g/mol. The summed E-state index contributed by atoms with van der Waals surface area (Å²) in [6.07, 6.45) is 3.10. The Labute approximate surface area is 138 Å². The van der Waals surface area contributed by atoms with Gasteiger partial charge >= 0.3 is 0 Å². The zero-order valence-electron chi connectivity index (χ0n) is 13.6. The number of aryl methyl sites for hydroxylation is 2. The molecule has 3 rings (SSSR count). The van der Waals surface area contributed by atoms with Gasteiger partial charge in [0.05, 0.1) is 6.61 Å². The monoisotopic (exact) mass is 335 g/mol. The lowest BCUT2D eigenvalue weighted by molar-refractivity contribution is 0.0356. The molecule has 6 nitrogen and oxygen atoms in total. The first-order valence-electron chi connectivity index (χ1n) is 7.74. The number of hydrogen-bond acceptors (Lipinski definition) is 5. The van der Waals surface area contributed by atoms with Gasteiger partial charge in [0.2, 0.25) is 0 Å². The smallest absolute Gasteiger partial charge is 0.271 e. The van der Waals surface area contributed by atoms with Crippen LogP contribution < -0.4 is 5.56 Å². The van der Waals surface area contributed by atoms with Crippen molar-refractivity contribution < 1.29 is 9.90 Å². The fraction of sp³-hybridized carbons (Fsp3) is 0.562. The summed E-state index contributed by atoms with van der Waals surface area (Å²) in [7, 11) is 0. The van der Waals surface area contributed by atoms with Crippen LogP contribution in [0.4, 0.5) is 0 Å². The third-order valence-electron chi connectivity index (χ3n) is 4.70. The van der Waals surface area contributed by atoms with Gasteiger partial charge < -0.3 is 10.0 Å². The molecule has 1 aliphatic heterocycles. The number of hydrogen-bond donors (Lipinski definition) is 1. The van der Waals surface area contributed by atoms with E-state index in [1.807, 2.05) is 20.8 Å². The van der Waals surface area contributed by atoms with Crippen LogP contribution in [0.1, 0.15) is 40.7 Å². The van der Waals surface area contributed by atoms with Crippen LogP contribution in [0.3, 0.4) is 0 Å². The summed E-state index contributed by atoms with van der Waals surface area (Å²) < 4.78 is 1.52. The van der Waals surface area contributed by atoms with E-state index in [2.05, 4.69) is 4.98 Å². The molecule has 1 aliphatic rings. The minimum Gasteiger partial charge on any atom is -0.396 e. The molecule has 23 heavy (non-hydrogen) atoms. The Morgan fingerprint density at radius 2 is 2.22 bits per heavy atom. The molecule has 0 spiro atoms. The van der Waals surface area contributed by atoms with E-state index in [-0.39, 0.29) is 29.1 Å². The number of rotatable bonds is 2. The molecule has 0 radical (unpaired) electrons. The van der Waals surface area contributed by atoms with Crippen LogP contribution in [0, 0.1) is 19.3 Å². The molecular weight excluding hydrogens is 314 g/mol. The summed E-state index contributed by atoms with van der Waals surface area (Å²) in [4.78, 5) is 33.1. The highest BCUT2D eigenvalue weighted by molar-refractivity contribution is 7.17. The molecule has 124 valence electrons. The summed E-state index contributed by atoms with van der Waals surface area (Å²) in [5.74, 6) is -0.292. The van der Waals surface area contributed by atoms with E-state index in [1.165, 1.54) is 21.9 Å². The normalized spacial score (nSPS) is 21.8. The van der Waals surface area contributed by atoms with Crippen LogP contribution in [0.2, 0.25) is 0 Å². The molecule has 1 unspecified atom stereocenters. The van der Waals surface area contributed by atoms with Crippen LogP contribution in [-0.4, -0.2) is 45.0 Å². The van der Waals surface area contributed by atoms with E-state index in [4.69, 9.17) is 0 Å². The molecule has 2 aromatic heterocycles. The third-order valence-corrected chi connectivity index (χ3v) is 5.77. The van der Waals surface area contributed by atoms with Crippen LogP contribution in [0.15, 0.2) is 11.0 Å². The Morgan fingerprint density at radius 3 is 2.91 bits per heavy atom. The van der Waals surface area contributed by atoms with Gasteiger partial charge in [-0.3, -0.25) is 14.0 Å². The van der Waals surface area contributed by atoms with Gasteiger partial charge in [-0.15, -0.1) is 11.3 Å². The number of aromatic nitrogens is 2. The van der Waals surface area contributed by atoms with Crippen LogP contribution in [0.5, 0.6) is 0 Å². The number of amides is 1. The molecule has 1 saturated heterocycles. The number of piperidine rings is 1. The Morgan fingerprint density at radius 1 is 1.48 bits per heavy atom. The highest BCUT2D eigenvalue weighted by Gasteiger charge is 2.34. The van der Waals surface area contributed by atoms with Crippen molar-refractivity contribution in [1.29, 1.82) is 0 Å². The Hall–Kier alpha value is -1.73.